The SMILES string of the molecule is COc1ccc(CN(C(=O)CSCc2ccc(Cl)cc2Cl)[C@@H](C)C(=O)NC(C)C)cc1. The minimum atomic E-state index is -0.600. The molecule has 2 rings (SSSR count). The van der Waals surface area contributed by atoms with Crippen LogP contribution in [-0.2, 0) is 21.9 Å². The van der Waals surface area contributed by atoms with E-state index in [2.05, 4.69) is 5.32 Å². The standard InChI is InChI=1S/C23H28Cl2N2O3S/c1-15(2)26-23(29)16(3)27(12-17-5-9-20(30-4)10-6-17)22(28)14-31-13-18-7-8-19(24)11-21(18)25/h5-11,15-16H,12-14H2,1-4H3,(H,26,29)/t16-/m0/s1. The van der Waals surface area contributed by atoms with E-state index in [0.717, 1.165) is 16.9 Å². The van der Waals surface area contributed by atoms with Crippen LogP contribution in [0, 0.1) is 0 Å². The van der Waals surface area contributed by atoms with Crippen LogP contribution >= 0.6 is 35.0 Å². The Morgan fingerprint density at radius 3 is 2.35 bits per heavy atom. The van der Waals surface area contributed by atoms with Gasteiger partial charge in [-0.05, 0) is 56.2 Å². The average molecular weight is 483 g/mol. The summed E-state index contributed by atoms with van der Waals surface area (Å²) in [4.78, 5) is 27.3. The molecule has 0 spiro atoms. The Kier molecular flexibility index (Phi) is 10.0. The molecule has 0 aliphatic carbocycles. The summed E-state index contributed by atoms with van der Waals surface area (Å²) in [5.41, 5.74) is 1.83. The molecule has 0 unspecified atom stereocenters. The van der Waals surface area contributed by atoms with Gasteiger partial charge in [-0.2, -0.15) is 0 Å². The van der Waals surface area contributed by atoms with Crippen molar-refractivity contribution >= 4 is 46.8 Å². The molecule has 0 aromatic heterocycles. The van der Waals surface area contributed by atoms with Gasteiger partial charge >= 0.3 is 0 Å². The summed E-state index contributed by atoms with van der Waals surface area (Å²) in [6, 6.07) is 12.2. The average Bonchev–Trinajstić information content (AvgIpc) is 2.72. The maximum atomic E-state index is 13.1. The molecular formula is C23H28Cl2N2O3S. The van der Waals surface area contributed by atoms with E-state index in [1.165, 1.54) is 11.8 Å². The van der Waals surface area contributed by atoms with Crippen molar-refractivity contribution in [2.45, 2.75) is 45.2 Å². The van der Waals surface area contributed by atoms with Crippen molar-refractivity contribution in [1.82, 2.24) is 10.2 Å². The summed E-state index contributed by atoms with van der Waals surface area (Å²) >= 11 is 13.6. The fourth-order valence-electron chi connectivity index (χ4n) is 2.89. The van der Waals surface area contributed by atoms with Crippen LogP contribution in [0.25, 0.3) is 0 Å². The van der Waals surface area contributed by atoms with E-state index in [9.17, 15) is 9.59 Å². The van der Waals surface area contributed by atoms with Gasteiger partial charge in [0.1, 0.15) is 11.8 Å². The molecule has 0 saturated carbocycles. The second kappa shape index (κ2) is 12.2. The number of benzene rings is 2. The van der Waals surface area contributed by atoms with Crippen molar-refractivity contribution in [2.75, 3.05) is 12.9 Å². The normalized spacial score (nSPS) is 11.8. The predicted octanol–water partition coefficient (Wildman–Crippen LogP) is 5.18. The molecular weight excluding hydrogens is 455 g/mol. The first-order valence-electron chi connectivity index (χ1n) is 9.95. The Balaban J connectivity index is 2.09. The number of nitrogens with one attached hydrogen (secondary N) is 1. The van der Waals surface area contributed by atoms with Gasteiger partial charge in [-0.15, -0.1) is 11.8 Å². The highest BCUT2D eigenvalue weighted by molar-refractivity contribution is 7.99. The lowest BCUT2D eigenvalue weighted by atomic mass is 10.1. The smallest absolute Gasteiger partial charge is 0.242 e. The first kappa shape index (κ1) is 25.4. The molecule has 2 aromatic rings. The van der Waals surface area contributed by atoms with Gasteiger partial charge in [0.05, 0.1) is 12.9 Å². The molecule has 8 heteroatoms. The molecule has 2 amide bonds. The third-order valence-corrected chi connectivity index (χ3v) is 6.16. The number of ether oxygens (including phenoxy) is 1. The van der Waals surface area contributed by atoms with E-state index in [4.69, 9.17) is 27.9 Å². The predicted molar refractivity (Wildman–Crippen MR) is 129 cm³/mol. The van der Waals surface area contributed by atoms with Crippen molar-refractivity contribution in [3.05, 3.63) is 63.6 Å². The molecule has 168 valence electrons. The van der Waals surface area contributed by atoms with E-state index in [1.54, 1.807) is 31.1 Å². The summed E-state index contributed by atoms with van der Waals surface area (Å²) in [6.45, 7) is 5.87. The lowest BCUT2D eigenvalue weighted by molar-refractivity contribution is -0.138. The molecule has 0 fully saturated rings. The zero-order valence-corrected chi connectivity index (χ0v) is 20.5. The van der Waals surface area contributed by atoms with Crippen molar-refractivity contribution in [1.29, 1.82) is 0 Å². The third-order valence-electron chi connectivity index (χ3n) is 4.61. The van der Waals surface area contributed by atoms with Gasteiger partial charge in [0.2, 0.25) is 11.8 Å². The van der Waals surface area contributed by atoms with Crippen LogP contribution < -0.4 is 10.1 Å². The first-order chi connectivity index (χ1) is 14.7. The van der Waals surface area contributed by atoms with Crippen molar-refractivity contribution in [3.63, 3.8) is 0 Å². The minimum absolute atomic E-state index is 0.00527. The lowest BCUT2D eigenvalue weighted by Crippen LogP contribution is -2.49. The molecule has 5 nitrogen and oxygen atoms in total. The number of carbonyl (C=O) groups is 2. The molecule has 0 saturated heterocycles. The van der Waals surface area contributed by atoms with Gasteiger partial charge in [0, 0.05) is 28.4 Å². The van der Waals surface area contributed by atoms with Crippen molar-refractivity contribution < 1.29 is 14.3 Å². The minimum Gasteiger partial charge on any atom is -0.497 e. The first-order valence-corrected chi connectivity index (χ1v) is 11.9. The molecule has 1 atom stereocenters. The van der Waals surface area contributed by atoms with Crippen molar-refractivity contribution in [3.8, 4) is 5.75 Å². The summed E-state index contributed by atoms with van der Waals surface area (Å²) in [5.74, 6) is 1.25. The number of methoxy groups -OCH3 is 1. The van der Waals surface area contributed by atoms with Crippen LogP contribution in [0.15, 0.2) is 42.5 Å². The number of nitrogens with zero attached hydrogens (tertiary/aromatic N) is 1. The Morgan fingerprint density at radius 2 is 1.77 bits per heavy atom. The van der Waals surface area contributed by atoms with Crippen molar-refractivity contribution in [2.24, 2.45) is 0 Å². The highest BCUT2D eigenvalue weighted by Gasteiger charge is 2.26. The van der Waals surface area contributed by atoms with Gasteiger partial charge in [-0.1, -0.05) is 41.4 Å². The maximum Gasteiger partial charge on any atom is 0.242 e. The summed E-state index contributed by atoms with van der Waals surface area (Å²) < 4.78 is 5.20. The Hall–Kier alpha value is -1.89. The second-order valence-corrected chi connectivity index (χ2v) is 9.27. The third kappa shape index (κ3) is 7.95. The Bertz CT molecular complexity index is 891. The van der Waals surface area contributed by atoms with E-state index in [-0.39, 0.29) is 23.6 Å². The number of hydrogen-bond acceptors (Lipinski definition) is 4. The lowest BCUT2D eigenvalue weighted by Gasteiger charge is -2.29. The van der Waals surface area contributed by atoms with Crippen LogP contribution in [0.4, 0.5) is 0 Å². The van der Waals surface area contributed by atoms with Crippen LogP contribution in [0.2, 0.25) is 10.0 Å². The Labute approximate surface area is 198 Å². The number of halogens is 2. The van der Waals surface area contributed by atoms with E-state index >= 15 is 0 Å². The number of hydrogen-bond donors (Lipinski definition) is 1. The van der Waals surface area contributed by atoms with Crippen LogP contribution in [0.3, 0.4) is 0 Å². The topological polar surface area (TPSA) is 58.6 Å². The van der Waals surface area contributed by atoms with E-state index in [0.29, 0.717) is 22.3 Å². The van der Waals surface area contributed by atoms with Crippen LogP contribution in [0.5, 0.6) is 5.75 Å². The maximum absolute atomic E-state index is 13.1. The highest BCUT2D eigenvalue weighted by Crippen LogP contribution is 2.25. The molecule has 2 aromatic carbocycles. The quantitative estimate of drug-likeness (QED) is 0.506. The highest BCUT2D eigenvalue weighted by atomic mass is 35.5. The summed E-state index contributed by atoms with van der Waals surface area (Å²) in [6.07, 6.45) is 0. The molecule has 0 radical (unpaired) electrons. The number of rotatable bonds is 10. The fraction of sp³-hybridized carbons (Fsp3) is 0.391. The largest absolute Gasteiger partial charge is 0.497 e. The molecule has 1 N–H and O–H groups in total. The molecule has 0 bridgehead atoms. The van der Waals surface area contributed by atoms with Crippen LogP contribution in [-0.4, -0.2) is 41.7 Å². The molecule has 0 heterocycles. The zero-order chi connectivity index (χ0) is 23.0. The fourth-order valence-corrected chi connectivity index (χ4v) is 4.35. The molecule has 31 heavy (non-hydrogen) atoms. The number of amides is 2. The zero-order valence-electron chi connectivity index (χ0n) is 18.2. The van der Waals surface area contributed by atoms with Gasteiger partial charge in [0.25, 0.3) is 0 Å². The Morgan fingerprint density at radius 1 is 1.10 bits per heavy atom. The summed E-state index contributed by atoms with van der Waals surface area (Å²) in [7, 11) is 1.60. The summed E-state index contributed by atoms with van der Waals surface area (Å²) in [5, 5.41) is 4.04. The number of carbonyl (C=O) groups excluding carboxylic acids is 2. The van der Waals surface area contributed by atoms with Gasteiger partial charge in [-0.25, -0.2) is 0 Å². The molecule has 0 aliphatic heterocycles. The van der Waals surface area contributed by atoms with Crippen LogP contribution in [0.1, 0.15) is 31.9 Å². The number of thioether (sulfide) groups is 1. The monoisotopic (exact) mass is 482 g/mol. The second-order valence-electron chi connectivity index (χ2n) is 7.44. The van der Waals surface area contributed by atoms with Gasteiger partial charge in [-0.3, -0.25) is 9.59 Å². The van der Waals surface area contributed by atoms with E-state index in [1.807, 2.05) is 44.2 Å². The van der Waals surface area contributed by atoms with E-state index < -0.39 is 6.04 Å². The van der Waals surface area contributed by atoms with Gasteiger partial charge < -0.3 is 15.0 Å². The van der Waals surface area contributed by atoms with Gasteiger partial charge in [0.15, 0.2) is 0 Å². The molecule has 0 aliphatic rings.